The van der Waals surface area contributed by atoms with Crippen LogP contribution in [0.4, 0.5) is 10.2 Å². The van der Waals surface area contributed by atoms with Crippen molar-refractivity contribution in [1.29, 1.82) is 0 Å². The van der Waals surface area contributed by atoms with Crippen LogP contribution in [0.25, 0.3) is 0 Å². The van der Waals surface area contributed by atoms with Crippen LogP contribution in [-0.4, -0.2) is 11.5 Å². The SMILES string of the molecule is Fc1cccc(NC2CCNCc3ccccc32)n1. The summed E-state index contributed by atoms with van der Waals surface area (Å²) in [6, 6.07) is 13.3. The zero-order valence-corrected chi connectivity index (χ0v) is 10.6. The molecule has 0 fully saturated rings. The van der Waals surface area contributed by atoms with Crippen LogP contribution in [-0.2, 0) is 6.54 Å². The molecule has 1 aliphatic heterocycles. The molecule has 98 valence electrons. The molecular weight excluding hydrogens is 241 g/mol. The second kappa shape index (κ2) is 5.36. The smallest absolute Gasteiger partial charge is 0.214 e. The molecule has 0 amide bonds. The zero-order valence-electron chi connectivity index (χ0n) is 10.6. The minimum atomic E-state index is -0.454. The molecule has 2 aromatic rings. The minimum absolute atomic E-state index is 0.167. The lowest BCUT2D eigenvalue weighted by Crippen LogP contribution is -2.15. The van der Waals surface area contributed by atoms with E-state index in [9.17, 15) is 4.39 Å². The van der Waals surface area contributed by atoms with Gasteiger partial charge in [0.05, 0.1) is 6.04 Å². The third-order valence-electron chi connectivity index (χ3n) is 3.39. The third kappa shape index (κ3) is 2.74. The van der Waals surface area contributed by atoms with Gasteiger partial charge in [-0.3, -0.25) is 0 Å². The van der Waals surface area contributed by atoms with Gasteiger partial charge in [0.15, 0.2) is 0 Å². The lowest BCUT2D eigenvalue weighted by Gasteiger charge is -2.19. The maximum absolute atomic E-state index is 13.1. The highest BCUT2D eigenvalue weighted by atomic mass is 19.1. The lowest BCUT2D eigenvalue weighted by atomic mass is 9.99. The number of benzene rings is 1. The molecular formula is C15H16FN3. The molecule has 0 saturated carbocycles. The molecule has 1 atom stereocenters. The van der Waals surface area contributed by atoms with Crippen molar-refractivity contribution in [3.05, 3.63) is 59.5 Å². The van der Waals surface area contributed by atoms with E-state index in [0.717, 1.165) is 19.5 Å². The van der Waals surface area contributed by atoms with E-state index in [0.29, 0.717) is 5.82 Å². The summed E-state index contributed by atoms with van der Waals surface area (Å²) < 4.78 is 13.1. The molecule has 19 heavy (non-hydrogen) atoms. The van der Waals surface area contributed by atoms with Gasteiger partial charge in [-0.2, -0.15) is 4.39 Å². The molecule has 0 spiro atoms. The first-order chi connectivity index (χ1) is 9.33. The molecule has 2 N–H and O–H groups in total. The maximum Gasteiger partial charge on any atom is 0.214 e. The number of pyridine rings is 1. The summed E-state index contributed by atoms with van der Waals surface area (Å²) in [5, 5.41) is 6.72. The second-order valence-electron chi connectivity index (χ2n) is 4.71. The summed E-state index contributed by atoms with van der Waals surface area (Å²) >= 11 is 0. The number of hydrogen-bond acceptors (Lipinski definition) is 3. The van der Waals surface area contributed by atoms with E-state index in [1.54, 1.807) is 12.1 Å². The summed E-state index contributed by atoms with van der Waals surface area (Å²) in [5.74, 6) is 0.131. The largest absolute Gasteiger partial charge is 0.363 e. The molecule has 1 aromatic carbocycles. The Bertz CT molecular complexity index is 571. The Hall–Kier alpha value is -1.94. The fourth-order valence-electron chi connectivity index (χ4n) is 2.48. The van der Waals surface area contributed by atoms with Crippen LogP contribution in [0.1, 0.15) is 23.6 Å². The standard InChI is InChI=1S/C15H16FN3/c16-14-6-3-7-15(19-14)18-13-8-9-17-10-11-4-1-2-5-12(11)13/h1-7,13,17H,8-10H2,(H,18,19). The average molecular weight is 257 g/mol. The molecule has 3 rings (SSSR count). The molecule has 1 aromatic heterocycles. The average Bonchev–Trinajstić information content (AvgIpc) is 2.62. The Labute approximate surface area is 111 Å². The quantitative estimate of drug-likeness (QED) is 0.812. The topological polar surface area (TPSA) is 37.0 Å². The van der Waals surface area contributed by atoms with Crippen molar-refractivity contribution >= 4 is 5.82 Å². The first kappa shape index (κ1) is 12.1. The number of aromatic nitrogens is 1. The molecule has 0 bridgehead atoms. The van der Waals surface area contributed by atoms with Gasteiger partial charge in [0.1, 0.15) is 5.82 Å². The Kier molecular flexibility index (Phi) is 3.42. The Morgan fingerprint density at radius 2 is 2.05 bits per heavy atom. The fraction of sp³-hybridized carbons (Fsp3) is 0.267. The first-order valence-electron chi connectivity index (χ1n) is 6.50. The summed E-state index contributed by atoms with van der Waals surface area (Å²) in [6.07, 6.45) is 0.954. The van der Waals surface area contributed by atoms with Crippen molar-refractivity contribution in [2.24, 2.45) is 0 Å². The van der Waals surface area contributed by atoms with Gasteiger partial charge in [0.25, 0.3) is 0 Å². The van der Waals surface area contributed by atoms with E-state index in [2.05, 4.69) is 27.8 Å². The lowest BCUT2D eigenvalue weighted by molar-refractivity contribution is 0.581. The summed E-state index contributed by atoms with van der Waals surface area (Å²) in [7, 11) is 0. The zero-order chi connectivity index (χ0) is 13.1. The number of rotatable bonds is 2. The first-order valence-corrected chi connectivity index (χ1v) is 6.50. The Balaban J connectivity index is 1.88. The Morgan fingerprint density at radius 3 is 2.95 bits per heavy atom. The van der Waals surface area contributed by atoms with Gasteiger partial charge < -0.3 is 10.6 Å². The van der Waals surface area contributed by atoms with Gasteiger partial charge in [0, 0.05) is 6.54 Å². The molecule has 0 saturated heterocycles. The molecule has 3 nitrogen and oxygen atoms in total. The van der Waals surface area contributed by atoms with Crippen molar-refractivity contribution < 1.29 is 4.39 Å². The fourth-order valence-corrected chi connectivity index (χ4v) is 2.48. The van der Waals surface area contributed by atoms with Crippen molar-refractivity contribution in [3.63, 3.8) is 0 Å². The number of nitrogens with zero attached hydrogens (tertiary/aromatic N) is 1. The second-order valence-corrected chi connectivity index (χ2v) is 4.71. The van der Waals surface area contributed by atoms with Crippen molar-refractivity contribution in [3.8, 4) is 0 Å². The highest BCUT2D eigenvalue weighted by molar-refractivity contribution is 5.41. The number of anilines is 1. The maximum atomic E-state index is 13.1. The molecule has 1 unspecified atom stereocenters. The van der Waals surface area contributed by atoms with E-state index in [4.69, 9.17) is 0 Å². The predicted molar refractivity (Wildman–Crippen MR) is 73.3 cm³/mol. The van der Waals surface area contributed by atoms with Gasteiger partial charge in [0.2, 0.25) is 5.95 Å². The van der Waals surface area contributed by atoms with Crippen LogP contribution in [0, 0.1) is 5.95 Å². The third-order valence-corrected chi connectivity index (χ3v) is 3.39. The monoisotopic (exact) mass is 257 g/mol. The molecule has 4 heteroatoms. The highest BCUT2D eigenvalue weighted by Crippen LogP contribution is 2.26. The minimum Gasteiger partial charge on any atom is -0.363 e. The van der Waals surface area contributed by atoms with Gasteiger partial charge >= 0.3 is 0 Å². The number of nitrogens with one attached hydrogen (secondary N) is 2. The van der Waals surface area contributed by atoms with Crippen molar-refractivity contribution in [1.82, 2.24) is 10.3 Å². The van der Waals surface area contributed by atoms with Gasteiger partial charge in [-0.05, 0) is 36.2 Å². The summed E-state index contributed by atoms with van der Waals surface area (Å²) in [6.45, 7) is 1.81. The number of hydrogen-bond donors (Lipinski definition) is 2. The van der Waals surface area contributed by atoms with Crippen LogP contribution < -0.4 is 10.6 Å². The van der Waals surface area contributed by atoms with Crippen LogP contribution in [0.2, 0.25) is 0 Å². The molecule has 2 heterocycles. The van der Waals surface area contributed by atoms with Gasteiger partial charge in [-0.25, -0.2) is 4.98 Å². The number of halogens is 1. The van der Waals surface area contributed by atoms with Gasteiger partial charge in [-0.1, -0.05) is 30.3 Å². The molecule has 0 aliphatic carbocycles. The van der Waals surface area contributed by atoms with E-state index in [-0.39, 0.29) is 6.04 Å². The van der Waals surface area contributed by atoms with E-state index >= 15 is 0 Å². The summed E-state index contributed by atoms with van der Waals surface area (Å²) in [4.78, 5) is 3.87. The number of fused-ring (bicyclic) bond motifs is 1. The molecule has 0 radical (unpaired) electrons. The molecule has 1 aliphatic rings. The van der Waals surface area contributed by atoms with E-state index in [1.165, 1.54) is 17.2 Å². The summed E-state index contributed by atoms with van der Waals surface area (Å²) in [5.41, 5.74) is 2.55. The highest BCUT2D eigenvalue weighted by Gasteiger charge is 2.18. The van der Waals surface area contributed by atoms with E-state index in [1.807, 2.05) is 12.1 Å². The van der Waals surface area contributed by atoms with Crippen LogP contribution in [0.15, 0.2) is 42.5 Å². The van der Waals surface area contributed by atoms with Crippen molar-refractivity contribution in [2.75, 3.05) is 11.9 Å². The van der Waals surface area contributed by atoms with Gasteiger partial charge in [-0.15, -0.1) is 0 Å². The van der Waals surface area contributed by atoms with Crippen LogP contribution >= 0.6 is 0 Å². The normalized spacial score (nSPS) is 18.5. The van der Waals surface area contributed by atoms with Crippen LogP contribution in [0.3, 0.4) is 0 Å². The predicted octanol–water partition coefficient (Wildman–Crippen LogP) is 2.87. The van der Waals surface area contributed by atoms with E-state index < -0.39 is 5.95 Å². The van der Waals surface area contributed by atoms with Crippen molar-refractivity contribution in [2.45, 2.75) is 19.0 Å². The Morgan fingerprint density at radius 1 is 1.16 bits per heavy atom. The van der Waals surface area contributed by atoms with Crippen LogP contribution in [0.5, 0.6) is 0 Å².